The van der Waals surface area contributed by atoms with Crippen LogP contribution in [0.3, 0.4) is 0 Å². The fraction of sp³-hybridized carbons (Fsp3) is 0.542. The number of hydrogen-bond donors (Lipinski definition) is 0. The van der Waals surface area contributed by atoms with Crippen molar-refractivity contribution in [2.75, 3.05) is 13.1 Å². The molecule has 29 heavy (non-hydrogen) atoms. The fourth-order valence-electron chi connectivity index (χ4n) is 5.84. The molecule has 0 unspecified atom stereocenters. The van der Waals surface area contributed by atoms with Crippen molar-refractivity contribution in [3.8, 4) is 11.1 Å². The molecule has 5 rings (SSSR count). The van der Waals surface area contributed by atoms with E-state index in [1.807, 2.05) is 16.7 Å². The molecule has 2 aliphatic heterocycles. The lowest BCUT2D eigenvalue weighted by Gasteiger charge is -2.43. The van der Waals surface area contributed by atoms with Crippen molar-refractivity contribution in [2.45, 2.75) is 46.6 Å². The Kier molecular flexibility index (Phi) is 3.87. The van der Waals surface area contributed by atoms with Crippen molar-refractivity contribution in [2.24, 2.45) is 22.7 Å². The second-order valence-corrected chi connectivity index (χ2v) is 10.3. The maximum atomic E-state index is 13.3. The average molecular weight is 392 g/mol. The van der Waals surface area contributed by atoms with Gasteiger partial charge in [0.1, 0.15) is 0 Å². The maximum Gasteiger partial charge on any atom is 0.251 e. The number of amides is 1. The first-order valence-electron chi connectivity index (χ1n) is 10.6. The molecule has 0 aromatic carbocycles. The number of likely N-dealkylation sites (tertiary alicyclic amines) is 1. The van der Waals surface area contributed by atoms with E-state index in [9.17, 15) is 9.59 Å². The van der Waals surface area contributed by atoms with Crippen LogP contribution < -0.4 is 5.56 Å². The van der Waals surface area contributed by atoms with Crippen LogP contribution in [0.15, 0.2) is 41.5 Å². The minimum Gasteiger partial charge on any atom is -0.341 e. The van der Waals surface area contributed by atoms with E-state index >= 15 is 0 Å². The van der Waals surface area contributed by atoms with Gasteiger partial charge in [-0.2, -0.15) is 0 Å². The molecule has 0 radical (unpaired) electrons. The summed E-state index contributed by atoms with van der Waals surface area (Å²) in [7, 11) is 0. The summed E-state index contributed by atoms with van der Waals surface area (Å²) in [6, 6.07) is 7.74. The van der Waals surface area contributed by atoms with Crippen molar-refractivity contribution in [1.29, 1.82) is 0 Å². The lowest BCUT2D eigenvalue weighted by atomic mass is 9.82. The number of hydrogen-bond acceptors (Lipinski definition) is 3. The van der Waals surface area contributed by atoms with Crippen molar-refractivity contribution in [1.82, 2.24) is 14.5 Å². The number of pyridine rings is 2. The van der Waals surface area contributed by atoms with Gasteiger partial charge in [-0.1, -0.05) is 33.8 Å². The molecule has 3 aliphatic rings. The minimum atomic E-state index is 0.0545. The third-order valence-corrected chi connectivity index (χ3v) is 8.13. The molecule has 2 bridgehead atoms. The predicted molar refractivity (Wildman–Crippen MR) is 112 cm³/mol. The normalized spacial score (nSPS) is 26.7. The molecule has 5 nitrogen and oxygen atoms in total. The summed E-state index contributed by atoms with van der Waals surface area (Å²) in [5.74, 6) is 0.976. The van der Waals surface area contributed by atoms with E-state index in [-0.39, 0.29) is 28.2 Å². The number of piperidine rings is 1. The van der Waals surface area contributed by atoms with Gasteiger partial charge >= 0.3 is 0 Å². The van der Waals surface area contributed by atoms with Gasteiger partial charge in [-0.15, -0.1) is 0 Å². The van der Waals surface area contributed by atoms with Gasteiger partial charge < -0.3 is 9.47 Å². The van der Waals surface area contributed by atoms with Gasteiger partial charge in [0.25, 0.3) is 5.56 Å². The Bertz CT molecular complexity index is 1020. The first-order chi connectivity index (χ1) is 13.7. The van der Waals surface area contributed by atoms with E-state index in [2.05, 4.69) is 43.6 Å². The number of rotatable bonds is 2. The van der Waals surface area contributed by atoms with E-state index in [0.29, 0.717) is 24.9 Å². The highest BCUT2D eigenvalue weighted by molar-refractivity contribution is 5.84. The third kappa shape index (κ3) is 2.70. The topological polar surface area (TPSA) is 55.2 Å². The minimum absolute atomic E-state index is 0.0545. The molecule has 2 atom stereocenters. The lowest BCUT2D eigenvalue weighted by molar-refractivity contribution is -0.136. The standard InChI is InChI=1S/C24H29N3O2/c1-23(2)21(24(23,3)4)22(29)26-12-15-8-18(14-26)19-9-17(10-20(28)27(19)13-15)16-6-5-7-25-11-16/h5-7,9-11,15,18,21H,8,12-14H2,1-4H3/t15-,18+/m0/s1. The molecule has 0 N–H and O–H groups in total. The highest BCUT2D eigenvalue weighted by Gasteiger charge is 2.69. The summed E-state index contributed by atoms with van der Waals surface area (Å²) in [4.78, 5) is 32.5. The Hall–Kier alpha value is -2.43. The number of nitrogens with zero attached hydrogens (tertiary/aromatic N) is 3. The number of carbonyl (C=O) groups excluding carboxylic acids is 1. The Morgan fingerprint density at radius 2 is 1.83 bits per heavy atom. The third-order valence-electron chi connectivity index (χ3n) is 8.13. The first-order valence-corrected chi connectivity index (χ1v) is 10.6. The van der Waals surface area contributed by atoms with Crippen molar-refractivity contribution >= 4 is 5.91 Å². The summed E-state index contributed by atoms with van der Waals surface area (Å²) in [5.41, 5.74) is 3.11. The van der Waals surface area contributed by atoms with Crippen LogP contribution in [0.4, 0.5) is 0 Å². The molecule has 5 heteroatoms. The van der Waals surface area contributed by atoms with Crippen LogP contribution in [0.2, 0.25) is 0 Å². The average Bonchev–Trinajstić information content (AvgIpc) is 3.10. The summed E-state index contributed by atoms with van der Waals surface area (Å²) >= 11 is 0. The number of fused-ring (bicyclic) bond motifs is 4. The van der Waals surface area contributed by atoms with Gasteiger partial charge in [-0.25, -0.2) is 0 Å². The smallest absolute Gasteiger partial charge is 0.251 e. The molecule has 1 saturated heterocycles. The van der Waals surface area contributed by atoms with Crippen LogP contribution in [0.5, 0.6) is 0 Å². The van der Waals surface area contributed by atoms with E-state index in [0.717, 1.165) is 29.8 Å². The number of carbonyl (C=O) groups is 1. The van der Waals surface area contributed by atoms with Gasteiger partial charge in [0, 0.05) is 61.2 Å². The summed E-state index contributed by atoms with van der Waals surface area (Å²) in [6.45, 7) is 11.0. The molecule has 1 saturated carbocycles. The van der Waals surface area contributed by atoms with Gasteiger partial charge in [0.05, 0.1) is 0 Å². The Labute approximate surface area is 171 Å². The van der Waals surface area contributed by atoms with Crippen LogP contribution >= 0.6 is 0 Å². The molecular weight excluding hydrogens is 362 g/mol. The molecule has 2 aromatic heterocycles. The lowest BCUT2D eigenvalue weighted by Crippen LogP contribution is -2.50. The van der Waals surface area contributed by atoms with Crippen LogP contribution in [-0.2, 0) is 11.3 Å². The predicted octanol–water partition coefficient (Wildman–Crippen LogP) is 3.54. The first kappa shape index (κ1) is 18.6. The number of aromatic nitrogens is 2. The van der Waals surface area contributed by atoms with Crippen LogP contribution in [0.1, 0.15) is 45.7 Å². The molecule has 4 heterocycles. The van der Waals surface area contributed by atoms with Crippen molar-refractivity contribution in [3.63, 3.8) is 0 Å². The SMILES string of the molecule is CC1(C)C(C(=O)N2C[C@@H]3C[C@H](C2)c2cc(-c4cccnc4)cc(=O)n2C3)C1(C)C. The molecule has 2 aromatic rings. The zero-order valence-corrected chi connectivity index (χ0v) is 17.7. The zero-order chi connectivity index (χ0) is 20.6. The van der Waals surface area contributed by atoms with Gasteiger partial charge in [-0.3, -0.25) is 14.6 Å². The van der Waals surface area contributed by atoms with Crippen LogP contribution in [0.25, 0.3) is 11.1 Å². The molecule has 0 spiro atoms. The second kappa shape index (κ2) is 6.04. The van der Waals surface area contributed by atoms with E-state index in [1.54, 1.807) is 18.5 Å². The van der Waals surface area contributed by atoms with Gasteiger partial charge in [0.2, 0.25) is 5.91 Å². The molecule has 1 aliphatic carbocycles. The largest absolute Gasteiger partial charge is 0.341 e. The van der Waals surface area contributed by atoms with Gasteiger partial charge in [-0.05, 0) is 40.9 Å². The summed E-state index contributed by atoms with van der Waals surface area (Å²) < 4.78 is 1.94. The molecule has 1 amide bonds. The summed E-state index contributed by atoms with van der Waals surface area (Å²) in [6.07, 6.45) is 4.59. The van der Waals surface area contributed by atoms with E-state index in [4.69, 9.17) is 0 Å². The van der Waals surface area contributed by atoms with Crippen molar-refractivity contribution < 1.29 is 4.79 Å². The quantitative estimate of drug-likeness (QED) is 0.787. The van der Waals surface area contributed by atoms with Crippen LogP contribution in [-0.4, -0.2) is 33.4 Å². The van der Waals surface area contributed by atoms with Crippen LogP contribution in [0, 0.1) is 22.7 Å². The highest BCUT2D eigenvalue weighted by atomic mass is 16.2. The molecule has 2 fully saturated rings. The Morgan fingerprint density at radius 1 is 1.07 bits per heavy atom. The monoisotopic (exact) mass is 391 g/mol. The zero-order valence-electron chi connectivity index (χ0n) is 17.7. The van der Waals surface area contributed by atoms with E-state index in [1.165, 1.54) is 0 Å². The highest BCUT2D eigenvalue weighted by Crippen LogP contribution is 2.69. The Balaban J connectivity index is 1.47. The van der Waals surface area contributed by atoms with Crippen molar-refractivity contribution in [3.05, 3.63) is 52.7 Å². The summed E-state index contributed by atoms with van der Waals surface area (Å²) in [5, 5.41) is 0. The fourth-order valence-corrected chi connectivity index (χ4v) is 5.84. The van der Waals surface area contributed by atoms with Gasteiger partial charge in [0.15, 0.2) is 0 Å². The second-order valence-electron chi connectivity index (χ2n) is 10.3. The maximum absolute atomic E-state index is 13.3. The van der Waals surface area contributed by atoms with E-state index < -0.39 is 0 Å². The Morgan fingerprint density at radius 3 is 2.48 bits per heavy atom. The molecule has 152 valence electrons. The molecular formula is C24H29N3O2.